The standard InChI is InChI=1S/C19H22F2N2O3/c1-11-4-5-12(15(21)14(11)20)17(25)23-6-7-26-19(10-23)8-13(22)16(24)18(2,3)9-19/h4-5,8H,6-7,9-10,22H2,1-3H3. The van der Waals surface area contributed by atoms with Gasteiger partial charge in [-0.3, -0.25) is 9.59 Å². The summed E-state index contributed by atoms with van der Waals surface area (Å²) in [5.74, 6) is -2.94. The van der Waals surface area contributed by atoms with Crippen molar-refractivity contribution in [3.8, 4) is 0 Å². The number of benzene rings is 1. The van der Waals surface area contributed by atoms with Crippen molar-refractivity contribution in [2.24, 2.45) is 11.1 Å². The number of ketones is 1. The number of aryl methyl sites for hydroxylation is 1. The fourth-order valence-electron chi connectivity index (χ4n) is 3.78. The highest BCUT2D eigenvalue weighted by atomic mass is 19.2. The highest BCUT2D eigenvalue weighted by Crippen LogP contribution is 2.40. The molecule has 2 aliphatic rings. The molecule has 0 bridgehead atoms. The monoisotopic (exact) mass is 364 g/mol. The lowest BCUT2D eigenvalue weighted by Crippen LogP contribution is -2.57. The molecule has 7 heteroatoms. The van der Waals surface area contributed by atoms with Gasteiger partial charge in [0, 0.05) is 12.0 Å². The molecule has 0 aromatic heterocycles. The van der Waals surface area contributed by atoms with Gasteiger partial charge in [0.2, 0.25) is 0 Å². The summed E-state index contributed by atoms with van der Waals surface area (Å²) in [6, 6.07) is 2.67. The molecule has 1 spiro atoms. The topological polar surface area (TPSA) is 72.6 Å². The van der Waals surface area contributed by atoms with Gasteiger partial charge in [0.05, 0.1) is 24.4 Å². The van der Waals surface area contributed by atoms with E-state index in [2.05, 4.69) is 0 Å². The summed E-state index contributed by atoms with van der Waals surface area (Å²) in [5, 5.41) is 0. The van der Waals surface area contributed by atoms with Gasteiger partial charge in [-0.2, -0.15) is 0 Å². The Morgan fingerprint density at radius 1 is 1.27 bits per heavy atom. The zero-order valence-electron chi connectivity index (χ0n) is 15.1. The molecule has 26 heavy (non-hydrogen) atoms. The third-order valence-electron chi connectivity index (χ3n) is 5.04. The van der Waals surface area contributed by atoms with Gasteiger partial charge in [-0.05, 0) is 31.1 Å². The van der Waals surface area contributed by atoms with Gasteiger partial charge in [0.25, 0.3) is 5.91 Å². The largest absolute Gasteiger partial charge is 0.396 e. The number of rotatable bonds is 1. The van der Waals surface area contributed by atoms with Gasteiger partial charge in [-0.25, -0.2) is 8.78 Å². The van der Waals surface area contributed by atoms with Crippen molar-refractivity contribution < 1.29 is 23.1 Å². The smallest absolute Gasteiger partial charge is 0.257 e. The Bertz CT molecular complexity index is 819. The Hall–Kier alpha value is -2.28. The van der Waals surface area contributed by atoms with Gasteiger partial charge < -0.3 is 15.4 Å². The highest BCUT2D eigenvalue weighted by Gasteiger charge is 2.48. The van der Waals surface area contributed by atoms with Crippen LogP contribution in [-0.4, -0.2) is 41.9 Å². The fourth-order valence-corrected chi connectivity index (χ4v) is 3.78. The van der Waals surface area contributed by atoms with Crippen LogP contribution in [0.2, 0.25) is 0 Å². The van der Waals surface area contributed by atoms with E-state index in [0.29, 0.717) is 6.42 Å². The summed E-state index contributed by atoms with van der Waals surface area (Å²) in [6.45, 7) is 5.57. The molecule has 0 saturated carbocycles. The number of amides is 1. The normalized spacial score (nSPS) is 25.3. The van der Waals surface area contributed by atoms with Crippen LogP contribution in [0.1, 0.15) is 36.2 Å². The van der Waals surface area contributed by atoms with Crippen molar-refractivity contribution in [3.63, 3.8) is 0 Å². The quantitative estimate of drug-likeness (QED) is 0.830. The lowest BCUT2D eigenvalue weighted by Gasteiger charge is -2.46. The first-order valence-corrected chi connectivity index (χ1v) is 8.47. The molecule has 1 amide bonds. The predicted octanol–water partition coefficient (Wildman–Crippen LogP) is 2.33. The number of allylic oxidation sites excluding steroid dienone is 1. The lowest BCUT2D eigenvalue weighted by molar-refractivity contribution is -0.135. The van der Waals surface area contributed by atoms with Gasteiger partial charge in [0.1, 0.15) is 5.60 Å². The van der Waals surface area contributed by atoms with E-state index >= 15 is 0 Å². The van der Waals surface area contributed by atoms with E-state index in [-0.39, 0.29) is 42.3 Å². The molecule has 0 radical (unpaired) electrons. The Morgan fingerprint density at radius 3 is 2.62 bits per heavy atom. The number of Topliss-reactive ketones (excluding diaryl/α,β-unsaturated/α-hetero) is 1. The molecular formula is C19H22F2N2O3. The van der Waals surface area contributed by atoms with Crippen LogP contribution in [0.25, 0.3) is 0 Å². The van der Waals surface area contributed by atoms with Crippen LogP contribution in [-0.2, 0) is 9.53 Å². The van der Waals surface area contributed by atoms with Crippen molar-refractivity contribution in [1.82, 2.24) is 4.90 Å². The second-order valence-electron chi connectivity index (χ2n) is 7.69. The van der Waals surface area contributed by atoms with E-state index in [1.54, 1.807) is 19.9 Å². The molecule has 2 N–H and O–H groups in total. The van der Waals surface area contributed by atoms with Gasteiger partial charge >= 0.3 is 0 Å². The first-order valence-electron chi connectivity index (χ1n) is 8.47. The van der Waals surface area contributed by atoms with Crippen LogP contribution >= 0.6 is 0 Å². The number of hydrogen-bond donors (Lipinski definition) is 1. The molecule has 1 aromatic rings. The van der Waals surface area contributed by atoms with Crippen molar-refractivity contribution in [3.05, 3.63) is 46.7 Å². The SMILES string of the molecule is Cc1ccc(C(=O)N2CCOC3(C=C(N)C(=O)C(C)(C)C3)C2)c(F)c1F. The van der Waals surface area contributed by atoms with E-state index in [1.807, 2.05) is 0 Å². The van der Waals surface area contributed by atoms with Gasteiger partial charge in [0.15, 0.2) is 17.4 Å². The number of nitrogens with two attached hydrogens (primary N) is 1. The van der Waals surface area contributed by atoms with Crippen LogP contribution in [0.3, 0.4) is 0 Å². The average Bonchev–Trinajstić information content (AvgIpc) is 2.57. The molecule has 5 nitrogen and oxygen atoms in total. The zero-order valence-corrected chi connectivity index (χ0v) is 15.1. The Labute approximate surface area is 150 Å². The number of carbonyl (C=O) groups is 2. The first-order chi connectivity index (χ1) is 12.1. The lowest BCUT2D eigenvalue weighted by atomic mass is 9.71. The number of carbonyl (C=O) groups excluding carboxylic acids is 2. The number of nitrogens with zero attached hydrogens (tertiary/aromatic N) is 1. The third-order valence-corrected chi connectivity index (χ3v) is 5.04. The van der Waals surface area contributed by atoms with Crippen molar-refractivity contribution in [2.75, 3.05) is 19.7 Å². The van der Waals surface area contributed by atoms with E-state index in [4.69, 9.17) is 10.5 Å². The van der Waals surface area contributed by atoms with Crippen LogP contribution in [0.5, 0.6) is 0 Å². The van der Waals surface area contributed by atoms with Crippen LogP contribution < -0.4 is 5.73 Å². The maximum Gasteiger partial charge on any atom is 0.257 e. The molecule has 3 rings (SSSR count). The van der Waals surface area contributed by atoms with E-state index < -0.39 is 28.6 Å². The Kier molecular flexibility index (Phi) is 4.38. The highest BCUT2D eigenvalue weighted by molar-refractivity contribution is 6.00. The summed E-state index contributed by atoms with van der Waals surface area (Å²) in [6.07, 6.45) is 1.90. The molecule has 1 aromatic carbocycles. The summed E-state index contributed by atoms with van der Waals surface area (Å²) in [7, 11) is 0. The number of hydrogen-bond acceptors (Lipinski definition) is 4. The summed E-state index contributed by atoms with van der Waals surface area (Å²) in [4.78, 5) is 26.4. The molecule has 1 aliphatic heterocycles. The molecule has 1 aliphatic carbocycles. The van der Waals surface area contributed by atoms with Crippen LogP contribution in [0, 0.1) is 24.0 Å². The van der Waals surface area contributed by atoms with Gasteiger partial charge in [-0.15, -0.1) is 0 Å². The minimum atomic E-state index is -1.15. The van der Waals surface area contributed by atoms with Crippen LogP contribution in [0.15, 0.2) is 23.9 Å². The van der Waals surface area contributed by atoms with Crippen molar-refractivity contribution in [1.29, 1.82) is 0 Å². The molecule has 1 unspecified atom stereocenters. The number of ether oxygens (including phenoxy) is 1. The summed E-state index contributed by atoms with van der Waals surface area (Å²) >= 11 is 0. The minimum Gasteiger partial charge on any atom is -0.396 e. The maximum absolute atomic E-state index is 14.2. The zero-order chi connectivity index (χ0) is 19.3. The molecule has 1 fully saturated rings. The third kappa shape index (κ3) is 3.00. The summed E-state index contributed by atoms with van der Waals surface area (Å²) in [5.41, 5.74) is 4.16. The molecule has 140 valence electrons. The van der Waals surface area contributed by atoms with E-state index in [0.717, 1.165) is 0 Å². The number of halogens is 2. The fraction of sp³-hybridized carbons (Fsp3) is 0.474. The van der Waals surface area contributed by atoms with Crippen molar-refractivity contribution >= 4 is 11.7 Å². The Balaban J connectivity index is 1.91. The molecular weight excluding hydrogens is 342 g/mol. The predicted molar refractivity (Wildman–Crippen MR) is 91.4 cm³/mol. The van der Waals surface area contributed by atoms with E-state index in [1.165, 1.54) is 24.0 Å². The average molecular weight is 364 g/mol. The molecule has 1 heterocycles. The van der Waals surface area contributed by atoms with Crippen molar-refractivity contribution in [2.45, 2.75) is 32.8 Å². The number of morpholine rings is 1. The second kappa shape index (κ2) is 6.16. The second-order valence-corrected chi connectivity index (χ2v) is 7.69. The summed E-state index contributed by atoms with van der Waals surface area (Å²) < 4.78 is 33.9. The Morgan fingerprint density at radius 2 is 1.96 bits per heavy atom. The molecule has 1 atom stereocenters. The molecule has 1 saturated heterocycles. The van der Waals surface area contributed by atoms with Gasteiger partial charge in [-0.1, -0.05) is 19.9 Å². The van der Waals surface area contributed by atoms with E-state index in [9.17, 15) is 18.4 Å². The minimum absolute atomic E-state index is 0.100. The van der Waals surface area contributed by atoms with Crippen LogP contribution in [0.4, 0.5) is 8.78 Å². The first kappa shape index (κ1) is 18.5. The maximum atomic E-state index is 14.2.